The lowest BCUT2D eigenvalue weighted by Crippen LogP contribution is -2.47. The number of allylic oxidation sites excluding steroid dienone is 7. The molecule has 0 aliphatic rings. The molecule has 10 heteroatoms. The molecular formula is C67H127N2O7P. The molecule has 9 nitrogen and oxygen atoms in total. The van der Waals surface area contributed by atoms with E-state index in [1.54, 1.807) is 0 Å². The first-order valence-electron chi connectivity index (χ1n) is 32.9. The molecule has 3 unspecified atom stereocenters. The van der Waals surface area contributed by atoms with Crippen LogP contribution in [-0.4, -0.2) is 69.4 Å². The van der Waals surface area contributed by atoms with E-state index in [0.717, 1.165) is 70.6 Å². The van der Waals surface area contributed by atoms with E-state index in [0.29, 0.717) is 17.4 Å². The molecule has 452 valence electrons. The van der Waals surface area contributed by atoms with E-state index in [2.05, 4.69) is 62.5 Å². The minimum Gasteiger partial charge on any atom is -0.756 e. The van der Waals surface area contributed by atoms with Gasteiger partial charge >= 0.3 is 5.97 Å². The first-order valence-corrected chi connectivity index (χ1v) is 34.4. The number of nitrogens with one attached hydrogen (secondary N) is 1. The van der Waals surface area contributed by atoms with Crippen molar-refractivity contribution in [1.82, 2.24) is 5.32 Å². The number of unbranched alkanes of at least 4 members (excludes halogenated alkanes) is 38. The van der Waals surface area contributed by atoms with Gasteiger partial charge in [0.25, 0.3) is 7.82 Å². The number of esters is 1. The number of quaternary nitrogens is 1. The zero-order valence-electron chi connectivity index (χ0n) is 51.7. The lowest BCUT2D eigenvalue weighted by molar-refractivity contribution is -0.870. The molecule has 0 saturated carbocycles. The monoisotopic (exact) mass is 1100 g/mol. The number of amides is 1. The van der Waals surface area contributed by atoms with Crippen LogP contribution in [0.2, 0.25) is 0 Å². The Balaban J connectivity index is 5.00. The zero-order valence-corrected chi connectivity index (χ0v) is 52.6. The number of carbonyl (C=O) groups excluding carboxylic acids is 2. The summed E-state index contributed by atoms with van der Waals surface area (Å²) in [6, 6.07) is -0.885. The third-order valence-corrected chi connectivity index (χ3v) is 15.7. The largest absolute Gasteiger partial charge is 0.756 e. The summed E-state index contributed by atoms with van der Waals surface area (Å²) in [5.74, 6) is -0.530. The van der Waals surface area contributed by atoms with Crippen LogP contribution in [0.5, 0.6) is 0 Å². The summed E-state index contributed by atoms with van der Waals surface area (Å²) in [6.07, 6.45) is 70.8. The molecule has 1 amide bonds. The molecule has 0 fully saturated rings. The van der Waals surface area contributed by atoms with Crippen molar-refractivity contribution in [2.24, 2.45) is 0 Å². The van der Waals surface area contributed by atoms with Gasteiger partial charge in [-0.25, -0.2) is 0 Å². The van der Waals surface area contributed by atoms with Gasteiger partial charge in [0.05, 0.1) is 33.8 Å². The summed E-state index contributed by atoms with van der Waals surface area (Å²) in [4.78, 5) is 40.0. The molecule has 0 aromatic heterocycles. The molecule has 3 atom stereocenters. The van der Waals surface area contributed by atoms with E-state index >= 15 is 0 Å². The standard InChI is InChI=1S/C67H127N2O7P/c1-7-10-13-16-19-22-25-27-28-29-30-31-32-33-34-35-36-37-38-39-40-42-45-47-50-53-56-59-66(70)68-64(63-75-77(72,73)74-62-61-69(4,5)6)65(58-55-52-49-46-44-41-26-23-20-17-14-11-8-2)76-67(71)60-57-54-51-48-43-24-21-18-15-12-9-3/h19,22,27-28,30-31,55,58,64-65H,7-18,20-21,23-26,29,32-54,56-57,59-63H2,1-6H3,(H-,68,70,72,73)/b22-19-,28-27-,31-30-,58-55+. The van der Waals surface area contributed by atoms with Crippen LogP contribution in [0.3, 0.4) is 0 Å². The normalized spacial score (nSPS) is 13.9. The number of carbonyl (C=O) groups is 2. The van der Waals surface area contributed by atoms with E-state index in [1.165, 1.54) is 212 Å². The molecule has 0 aliphatic carbocycles. The number of phosphoric acid groups is 1. The Bertz CT molecular complexity index is 1460. The van der Waals surface area contributed by atoms with Crippen molar-refractivity contribution in [2.75, 3.05) is 40.9 Å². The fourth-order valence-electron chi connectivity index (χ4n) is 9.65. The molecule has 0 spiro atoms. The molecule has 0 radical (unpaired) electrons. The lowest BCUT2D eigenvalue weighted by atomic mass is 10.0. The highest BCUT2D eigenvalue weighted by atomic mass is 31.2. The second-order valence-corrected chi connectivity index (χ2v) is 25.0. The minimum atomic E-state index is -4.69. The van der Waals surface area contributed by atoms with E-state index < -0.39 is 20.0 Å². The van der Waals surface area contributed by atoms with E-state index in [-0.39, 0.29) is 31.5 Å². The van der Waals surface area contributed by atoms with Gasteiger partial charge in [-0.1, -0.05) is 282 Å². The smallest absolute Gasteiger partial charge is 0.306 e. The van der Waals surface area contributed by atoms with Crippen LogP contribution < -0.4 is 10.2 Å². The SMILES string of the molecule is CCCCC/C=C\C/C=C\C/C=C\CCCCCCCCCCCCCCCCC(=O)NC(COP(=O)([O-])OCC[N+](C)(C)C)C(/C=C/CCCCCCCCCCCCC)OC(=O)CCCCCCCCCCCCC. The van der Waals surface area contributed by atoms with E-state index in [1.807, 2.05) is 33.3 Å². The maximum atomic E-state index is 13.5. The van der Waals surface area contributed by atoms with Crippen LogP contribution in [0, 0.1) is 0 Å². The third kappa shape index (κ3) is 58.4. The summed E-state index contributed by atoms with van der Waals surface area (Å²) in [7, 11) is 1.20. The quantitative estimate of drug-likeness (QED) is 0.0212. The molecule has 0 rings (SSSR count). The average molecular weight is 1100 g/mol. The Morgan fingerprint density at radius 2 is 0.792 bits per heavy atom. The maximum Gasteiger partial charge on any atom is 0.306 e. The fraction of sp³-hybridized carbons (Fsp3) is 0.851. The first-order chi connectivity index (χ1) is 37.4. The van der Waals surface area contributed by atoms with Gasteiger partial charge in [0.1, 0.15) is 19.3 Å². The lowest BCUT2D eigenvalue weighted by Gasteiger charge is -2.30. The maximum absolute atomic E-state index is 13.5. The average Bonchev–Trinajstić information content (AvgIpc) is 3.39. The molecular weight excluding hydrogens is 976 g/mol. The van der Waals surface area contributed by atoms with Crippen molar-refractivity contribution >= 4 is 19.7 Å². The summed E-state index contributed by atoms with van der Waals surface area (Å²) >= 11 is 0. The number of nitrogens with zero attached hydrogens (tertiary/aromatic N) is 1. The van der Waals surface area contributed by atoms with Gasteiger partial charge in [-0.2, -0.15) is 0 Å². The Kier molecular flexibility index (Phi) is 55.7. The number of likely N-dealkylation sites (N-methyl/N-ethyl adjacent to an activating group) is 1. The molecule has 0 aromatic carbocycles. The van der Waals surface area contributed by atoms with Gasteiger partial charge in [-0.3, -0.25) is 14.2 Å². The van der Waals surface area contributed by atoms with Crippen LogP contribution in [0.1, 0.15) is 316 Å². The van der Waals surface area contributed by atoms with Gasteiger partial charge in [0.15, 0.2) is 0 Å². The summed E-state index contributed by atoms with van der Waals surface area (Å²) in [5.41, 5.74) is 0. The number of rotatable bonds is 60. The van der Waals surface area contributed by atoms with Crippen LogP contribution in [0.4, 0.5) is 0 Å². The van der Waals surface area contributed by atoms with Crippen molar-refractivity contribution in [2.45, 2.75) is 328 Å². The van der Waals surface area contributed by atoms with Crippen molar-refractivity contribution in [3.8, 4) is 0 Å². The first kappa shape index (κ1) is 75.0. The van der Waals surface area contributed by atoms with Crippen molar-refractivity contribution in [1.29, 1.82) is 0 Å². The number of hydrogen-bond donors (Lipinski definition) is 1. The minimum absolute atomic E-state index is 0.0205. The molecule has 0 aromatic rings. The van der Waals surface area contributed by atoms with Crippen LogP contribution in [-0.2, 0) is 27.9 Å². The Morgan fingerprint density at radius 3 is 1.21 bits per heavy atom. The number of hydrogen-bond acceptors (Lipinski definition) is 7. The van der Waals surface area contributed by atoms with Crippen molar-refractivity contribution in [3.63, 3.8) is 0 Å². The fourth-order valence-corrected chi connectivity index (χ4v) is 10.4. The summed E-state index contributed by atoms with van der Waals surface area (Å²) < 4.78 is 30.3. The topological polar surface area (TPSA) is 114 Å². The van der Waals surface area contributed by atoms with Gasteiger partial charge in [0, 0.05) is 12.8 Å². The van der Waals surface area contributed by atoms with Crippen molar-refractivity contribution in [3.05, 3.63) is 48.6 Å². The van der Waals surface area contributed by atoms with Crippen LogP contribution in [0.25, 0.3) is 0 Å². The molecule has 0 saturated heterocycles. The molecule has 0 aliphatic heterocycles. The van der Waals surface area contributed by atoms with Gasteiger partial charge in [0.2, 0.25) is 5.91 Å². The van der Waals surface area contributed by atoms with Gasteiger partial charge in [-0.05, 0) is 70.3 Å². The summed E-state index contributed by atoms with van der Waals surface area (Å²) in [6.45, 7) is 6.84. The molecule has 0 heterocycles. The Labute approximate surface area is 478 Å². The second kappa shape index (κ2) is 57.2. The highest BCUT2D eigenvalue weighted by Gasteiger charge is 2.27. The van der Waals surface area contributed by atoms with E-state index in [4.69, 9.17) is 13.8 Å². The molecule has 1 N–H and O–H groups in total. The summed E-state index contributed by atoms with van der Waals surface area (Å²) in [5, 5.41) is 3.04. The van der Waals surface area contributed by atoms with Gasteiger partial charge < -0.3 is 28.5 Å². The van der Waals surface area contributed by atoms with Gasteiger partial charge in [-0.15, -0.1) is 0 Å². The Hall–Kier alpha value is -2.03. The highest BCUT2D eigenvalue weighted by Crippen LogP contribution is 2.38. The zero-order chi connectivity index (χ0) is 56.4. The Morgan fingerprint density at radius 1 is 0.455 bits per heavy atom. The number of phosphoric ester groups is 1. The number of ether oxygens (including phenoxy) is 1. The third-order valence-electron chi connectivity index (χ3n) is 14.8. The predicted octanol–water partition coefficient (Wildman–Crippen LogP) is 19.8. The molecule has 0 bridgehead atoms. The molecule has 77 heavy (non-hydrogen) atoms. The van der Waals surface area contributed by atoms with Crippen molar-refractivity contribution < 1.29 is 37.3 Å². The van der Waals surface area contributed by atoms with Crippen LogP contribution in [0.15, 0.2) is 48.6 Å². The highest BCUT2D eigenvalue weighted by molar-refractivity contribution is 7.45. The predicted molar refractivity (Wildman–Crippen MR) is 330 cm³/mol. The van der Waals surface area contributed by atoms with Crippen LogP contribution >= 0.6 is 7.82 Å². The van der Waals surface area contributed by atoms with E-state index in [9.17, 15) is 19.0 Å². The second-order valence-electron chi connectivity index (χ2n) is 23.6.